The molecule has 0 bridgehead atoms. The number of nitriles is 1. The number of rotatable bonds is 3. The van der Waals surface area contributed by atoms with Crippen LogP contribution < -0.4 is 5.32 Å². The van der Waals surface area contributed by atoms with Gasteiger partial charge in [0.05, 0.1) is 12.7 Å². The molecule has 1 heterocycles. The van der Waals surface area contributed by atoms with E-state index in [-0.39, 0.29) is 5.54 Å². The van der Waals surface area contributed by atoms with Gasteiger partial charge in [-0.25, -0.2) is 0 Å². The maximum Gasteiger partial charge on any atom is 0.106 e. The van der Waals surface area contributed by atoms with Crippen LogP contribution in [0, 0.1) is 17.2 Å². The van der Waals surface area contributed by atoms with E-state index in [2.05, 4.69) is 11.4 Å². The minimum atomic E-state index is -0.206. The average Bonchev–Trinajstić information content (AvgIpc) is 2.87. The molecule has 1 aliphatic carbocycles. The second-order valence-electron chi connectivity index (χ2n) is 4.51. The lowest BCUT2D eigenvalue weighted by Crippen LogP contribution is -2.43. The van der Waals surface area contributed by atoms with Crippen LogP contribution in [0.2, 0.25) is 0 Å². The van der Waals surface area contributed by atoms with Crippen LogP contribution in [0.3, 0.4) is 0 Å². The Morgan fingerprint density at radius 2 is 2.21 bits per heavy atom. The van der Waals surface area contributed by atoms with E-state index in [1.54, 1.807) is 0 Å². The number of nitrogens with one attached hydrogen (secondary N) is 1. The van der Waals surface area contributed by atoms with Gasteiger partial charge in [-0.1, -0.05) is 12.8 Å². The Hall–Kier alpha value is -0.590. The number of nitrogens with zero attached hydrogens (tertiary/aromatic N) is 1. The molecule has 0 aromatic heterocycles. The second-order valence-corrected chi connectivity index (χ2v) is 4.51. The molecule has 0 aromatic carbocycles. The average molecular weight is 194 g/mol. The molecule has 3 heteroatoms. The van der Waals surface area contributed by atoms with Gasteiger partial charge in [0.15, 0.2) is 0 Å². The molecule has 1 saturated heterocycles. The fourth-order valence-electron chi connectivity index (χ4n) is 2.39. The first-order chi connectivity index (χ1) is 6.85. The highest BCUT2D eigenvalue weighted by atomic mass is 16.5. The van der Waals surface area contributed by atoms with E-state index in [1.165, 1.54) is 12.8 Å². The fraction of sp³-hybridized carbons (Fsp3) is 0.909. The molecule has 0 amide bonds. The van der Waals surface area contributed by atoms with Crippen LogP contribution >= 0.6 is 0 Å². The standard InChI is InChI=1S/C11H18N2O/c12-9-11(4-1-2-5-11)13-7-10-3-6-14-8-10/h10,13H,1-8H2. The van der Waals surface area contributed by atoms with Crippen molar-refractivity contribution in [2.75, 3.05) is 19.8 Å². The molecule has 0 spiro atoms. The van der Waals surface area contributed by atoms with E-state index in [9.17, 15) is 0 Å². The van der Waals surface area contributed by atoms with Crippen molar-refractivity contribution in [1.82, 2.24) is 5.32 Å². The highest BCUT2D eigenvalue weighted by Crippen LogP contribution is 2.29. The van der Waals surface area contributed by atoms with Gasteiger partial charge in [-0.3, -0.25) is 5.32 Å². The normalized spacial score (nSPS) is 30.4. The maximum atomic E-state index is 9.15. The predicted octanol–water partition coefficient (Wildman–Crippen LogP) is 1.45. The highest BCUT2D eigenvalue weighted by molar-refractivity contribution is 5.09. The zero-order valence-corrected chi connectivity index (χ0v) is 8.59. The van der Waals surface area contributed by atoms with Crippen molar-refractivity contribution in [3.05, 3.63) is 0 Å². The molecule has 0 radical (unpaired) electrons. The quantitative estimate of drug-likeness (QED) is 0.739. The summed E-state index contributed by atoms with van der Waals surface area (Å²) in [6.07, 6.45) is 5.59. The highest BCUT2D eigenvalue weighted by Gasteiger charge is 2.34. The van der Waals surface area contributed by atoms with Crippen LogP contribution in [0.1, 0.15) is 32.1 Å². The summed E-state index contributed by atoms with van der Waals surface area (Å²) >= 11 is 0. The minimum Gasteiger partial charge on any atom is -0.381 e. The number of hydrogen-bond acceptors (Lipinski definition) is 3. The van der Waals surface area contributed by atoms with Gasteiger partial charge in [0.2, 0.25) is 0 Å². The van der Waals surface area contributed by atoms with Gasteiger partial charge in [0.1, 0.15) is 5.54 Å². The smallest absolute Gasteiger partial charge is 0.106 e. The van der Waals surface area contributed by atoms with Crippen molar-refractivity contribution in [3.8, 4) is 6.07 Å². The summed E-state index contributed by atoms with van der Waals surface area (Å²) in [7, 11) is 0. The van der Waals surface area contributed by atoms with Gasteiger partial charge in [-0.2, -0.15) is 5.26 Å². The Labute approximate surface area is 85.4 Å². The Balaban J connectivity index is 1.80. The first kappa shape index (κ1) is 9.95. The topological polar surface area (TPSA) is 45.0 Å². The van der Waals surface area contributed by atoms with Gasteiger partial charge in [0.25, 0.3) is 0 Å². The van der Waals surface area contributed by atoms with Crippen LogP contribution in [-0.4, -0.2) is 25.3 Å². The molecule has 2 fully saturated rings. The van der Waals surface area contributed by atoms with E-state index in [0.717, 1.165) is 39.0 Å². The third kappa shape index (κ3) is 2.08. The Morgan fingerprint density at radius 3 is 2.79 bits per heavy atom. The molecule has 2 rings (SSSR count). The van der Waals surface area contributed by atoms with Crippen molar-refractivity contribution >= 4 is 0 Å². The summed E-state index contributed by atoms with van der Waals surface area (Å²) in [4.78, 5) is 0. The van der Waals surface area contributed by atoms with Gasteiger partial charge in [-0.05, 0) is 25.2 Å². The third-order valence-corrected chi connectivity index (χ3v) is 3.42. The summed E-state index contributed by atoms with van der Waals surface area (Å²) in [5.41, 5.74) is -0.206. The molecular weight excluding hydrogens is 176 g/mol. The van der Waals surface area contributed by atoms with Crippen molar-refractivity contribution in [3.63, 3.8) is 0 Å². The Morgan fingerprint density at radius 1 is 1.43 bits per heavy atom. The van der Waals surface area contributed by atoms with Crippen molar-refractivity contribution in [2.45, 2.75) is 37.6 Å². The van der Waals surface area contributed by atoms with Crippen LogP contribution in [0.25, 0.3) is 0 Å². The minimum absolute atomic E-state index is 0.206. The lowest BCUT2D eigenvalue weighted by atomic mass is 9.98. The molecule has 78 valence electrons. The van der Waals surface area contributed by atoms with Gasteiger partial charge >= 0.3 is 0 Å². The first-order valence-corrected chi connectivity index (χ1v) is 5.59. The molecule has 3 nitrogen and oxygen atoms in total. The number of hydrogen-bond donors (Lipinski definition) is 1. The molecule has 14 heavy (non-hydrogen) atoms. The van der Waals surface area contributed by atoms with Crippen molar-refractivity contribution < 1.29 is 4.74 Å². The second kappa shape index (κ2) is 4.29. The molecule has 1 saturated carbocycles. The van der Waals surface area contributed by atoms with E-state index in [0.29, 0.717) is 5.92 Å². The van der Waals surface area contributed by atoms with E-state index < -0.39 is 0 Å². The summed E-state index contributed by atoms with van der Waals surface area (Å²) in [5.74, 6) is 0.626. The van der Waals surface area contributed by atoms with E-state index in [1.807, 2.05) is 0 Å². The predicted molar refractivity (Wildman–Crippen MR) is 53.7 cm³/mol. The Kier molecular flexibility index (Phi) is 3.05. The largest absolute Gasteiger partial charge is 0.381 e. The van der Waals surface area contributed by atoms with Crippen molar-refractivity contribution in [2.24, 2.45) is 5.92 Å². The molecule has 2 aliphatic rings. The summed E-state index contributed by atoms with van der Waals surface area (Å²) < 4.78 is 5.32. The van der Waals surface area contributed by atoms with E-state index in [4.69, 9.17) is 10.00 Å². The summed E-state index contributed by atoms with van der Waals surface area (Å²) in [6, 6.07) is 2.45. The summed E-state index contributed by atoms with van der Waals surface area (Å²) in [6.45, 7) is 2.72. The monoisotopic (exact) mass is 194 g/mol. The molecule has 1 unspecified atom stereocenters. The zero-order valence-electron chi connectivity index (χ0n) is 8.59. The lowest BCUT2D eigenvalue weighted by molar-refractivity contribution is 0.183. The number of ether oxygens (including phenoxy) is 1. The van der Waals surface area contributed by atoms with Crippen LogP contribution in [-0.2, 0) is 4.74 Å². The van der Waals surface area contributed by atoms with Gasteiger partial charge in [-0.15, -0.1) is 0 Å². The SMILES string of the molecule is N#CC1(NCC2CCOC2)CCCC1. The van der Waals surface area contributed by atoms with Crippen LogP contribution in [0.15, 0.2) is 0 Å². The van der Waals surface area contributed by atoms with Crippen LogP contribution in [0.5, 0.6) is 0 Å². The molecule has 1 atom stereocenters. The zero-order chi connectivity index (χ0) is 9.86. The van der Waals surface area contributed by atoms with Crippen LogP contribution in [0.4, 0.5) is 0 Å². The lowest BCUT2D eigenvalue weighted by Gasteiger charge is -2.23. The molecule has 0 aromatic rings. The molecule has 1 N–H and O–H groups in total. The maximum absolute atomic E-state index is 9.15. The van der Waals surface area contributed by atoms with Crippen molar-refractivity contribution in [1.29, 1.82) is 5.26 Å². The van der Waals surface area contributed by atoms with Gasteiger partial charge in [0, 0.05) is 13.2 Å². The summed E-state index contributed by atoms with van der Waals surface area (Å²) in [5, 5.41) is 12.6. The fourth-order valence-corrected chi connectivity index (χ4v) is 2.39. The van der Waals surface area contributed by atoms with E-state index >= 15 is 0 Å². The molecule has 1 aliphatic heterocycles. The Bertz CT molecular complexity index is 222. The molecular formula is C11H18N2O. The third-order valence-electron chi connectivity index (χ3n) is 3.42. The first-order valence-electron chi connectivity index (χ1n) is 5.59. The van der Waals surface area contributed by atoms with Gasteiger partial charge < -0.3 is 4.74 Å².